The monoisotopic (exact) mass is 359 g/mol. The van der Waals surface area contributed by atoms with Crippen molar-refractivity contribution in [1.82, 2.24) is 14.9 Å². The lowest BCUT2D eigenvalue weighted by molar-refractivity contribution is 0.0490. The van der Waals surface area contributed by atoms with E-state index in [0.29, 0.717) is 21.8 Å². The molecule has 25 heavy (non-hydrogen) atoms. The second-order valence-electron chi connectivity index (χ2n) is 7.49. The molecule has 0 fully saturated rings. The lowest BCUT2D eigenvalue weighted by atomic mass is 9.91. The molecular formula is C20H23ClFN3. The maximum atomic E-state index is 14.7. The molecule has 0 amide bonds. The average Bonchev–Trinajstić information content (AvgIpc) is 2.51. The fourth-order valence-corrected chi connectivity index (χ4v) is 2.75. The van der Waals surface area contributed by atoms with E-state index >= 15 is 0 Å². The van der Waals surface area contributed by atoms with Crippen LogP contribution in [0.3, 0.4) is 0 Å². The molecule has 2 aromatic rings. The van der Waals surface area contributed by atoms with Crippen LogP contribution in [0.25, 0.3) is 0 Å². The molecule has 0 N–H and O–H groups in total. The fourth-order valence-electron chi connectivity index (χ4n) is 2.58. The maximum Gasteiger partial charge on any atom is 0.147 e. The molecule has 2 rings (SSSR count). The third-order valence-corrected chi connectivity index (χ3v) is 4.53. The van der Waals surface area contributed by atoms with Crippen molar-refractivity contribution in [2.24, 2.45) is 0 Å². The molecule has 0 bridgehead atoms. The van der Waals surface area contributed by atoms with E-state index in [-0.39, 0.29) is 11.4 Å². The Morgan fingerprint density at radius 2 is 1.60 bits per heavy atom. The summed E-state index contributed by atoms with van der Waals surface area (Å²) in [4.78, 5) is 10.4. The van der Waals surface area contributed by atoms with Crippen molar-refractivity contribution in [3.63, 3.8) is 0 Å². The van der Waals surface area contributed by atoms with Crippen LogP contribution in [0.1, 0.15) is 51.4 Å². The van der Waals surface area contributed by atoms with E-state index < -0.39 is 5.54 Å². The van der Waals surface area contributed by atoms with Gasteiger partial charge in [0.05, 0.1) is 16.3 Å². The summed E-state index contributed by atoms with van der Waals surface area (Å²) in [7, 11) is 1.97. The van der Waals surface area contributed by atoms with Crippen LogP contribution in [-0.2, 0) is 5.54 Å². The van der Waals surface area contributed by atoms with Crippen LogP contribution < -0.4 is 0 Å². The van der Waals surface area contributed by atoms with Crippen LogP contribution in [0.2, 0.25) is 5.02 Å². The van der Waals surface area contributed by atoms with Gasteiger partial charge in [0.15, 0.2) is 0 Å². The van der Waals surface area contributed by atoms with E-state index in [1.165, 1.54) is 12.3 Å². The summed E-state index contributed by atoms with van der Waals surface area (Å²) in [6, 6.07) is 3.13. The van der Waals surface area contributed by atoms with Gasteiger partial charge >= 0.3 is 0 Å². The number of pyridine rings is 2. The first-order valence-corrected chi connectivity index (χ1v) is 8.42. The smallest absolute Gasteiger partial charge is 0.147 e. The van der Waals surface area contributed by atoms with Crippen LogP contribution in [-0.4, -0.2) is 27.5 Å². The molecule has 5 heteroatoms. The lowest BCUT2D eigenvalue weighted by Crippen LogP contribution is -2.50. The first kappa shape index (κ1) is 19.4. The summed E-state index contributed by atoms with van der Waals surface area (Å²) in [5.74, 6) is 5.46. The van der Waals surface area contributed by atoms with Crippen molar-refractivity contribution in [1.29, 1.82) is 0 Å². The van der Waals surface area contributed by atoms with Crippen molar-refractivity contribution in [3.8, 4) is 11.8 Å². The molecule has 2 heterocycles. The zero-order valence-electron chi connectivity index (χ0n) is 15.5. The SMILES string of the molecule is CN(C(C)(C)C)C(C)(C)c1ncc(C#Cc2cncc(Cl)c2)cc1F. The van der Waals surface area contributed by atoms with Crippen LogP contribution >= 0.6 is 11.6 Å². The van der Waals surface area contributed by atoms with Gasteiger partial charge in [-0.3, -0.25) is 14.9 Å². The van der Waals surface area contributed by atoms with Crippen molar-refractivity contribution in [2.45, 2.75) is 45.7 Å². The minimum absolute atomic E-state index is 0.115. The highest BCUT2D eigenvalue weighted by atomic mass is 35.5. The van der Waals surface area contributed by atoms with Crippen molar-refractivity contribution in [3.05, 3.63) is 58.4 Å². The van der Waals surface area contributed by atoms with Crippen molar-refractivity contribution >= 4 is 11.6 Å². The summed E-state index contributed by atoms with van der Waals surface area (Å²) in [6.07, 6.45) is 4.75. The lowest BCUT2D eigenvalue weighted by Gasteiger charge is -2.44. The van der Waals surface area contributed by atoms with E-state index in [0.717, 1.165) is 0 Å². The second-order valence-corrected chi connectivity index (χ2v) is 7.92. The molecular weight excluding hydrogens is 337 g/mol. The zero-order valence-corrected chi connectivity index (χ0v) is 16.2. The normalized spacial score (nSPS) is 12.0. The first-order chi connectivity index (χ1) is 11.5. The summed E-state index contributed by atoms with van der Waals surface area (Å²) in [5.41, 5.74) is 0.918. The third-order valence-electron chi connectivity index (χ3n) is 4.32. The molecule has 0 radical (unpaired) electrons. The second kappa shape index (κ2) is 7.11. The molecule has 0 unspecified atom stereocenters. The number of rotatable bonds is 2. The van der Waals surface area contributed by atoms with E-state index in [4.69, 9.17) is 11.6 Å². The molecule has 3 nitrogen and oxygen atoms in total. The molecule has 2 aromatic heterocycles. The number of nitrogens with zero attached hydrogens (tertiary/aromatic N) is 3. The topological polar surface area (TPSA) is 29.0 Å². The minimum Gasteiger partial charge on any atom is -0.291 e. The molecule has 0 atom stereocenters. The van der Waals surface area contributed by atoms with Gasteiger partial charge in [0.25, 0.3) is 0 Å². The highest BCUT2D eigenvalue weighted by Crippen LogP contribution is 2.32. The standard InChI is InChI=1S/C20H23ClFN3/c1-19(2,3)25(6)20(4,5)18-17(22)10-15(12-24-18)8-7-14-9-16(21)13-23-11-14/h9-13H,1-6H3. The Balaban J connectivity index is 2.33. The van der Waals surface area contributed by atoms with Gasteiger partial charge in [-0.2, -0.15) is 0 Å². The summed E-state index contributed by atoms with van der Waals surface area (Å²) in [6.45, 7) is 10.2. The molecule has 0 aliphatic heterocycles. The number of hydrogen-bond acceptors (Lipinski definition) is 3. The number of aromatic nitrogens is 2. The molecule has 0 saturated carbocycles. The van der Waals surface area contributed by atoms with Gasteiger partial charge in [-0.05, 0) is 53.8 Å². The van der Waals surface area contributed by atoms with Crippen molar-refractivity contribution in [2.75, 3.05) is 7.05 Å². The molecule has 0 saturated heterocycles. The van der Waals surface area contributed by atoms with E-state index in [2.05, 4.69) is 47.5 Å². The maximum absolute atomic E-state index is 14.7. The largest absolute Gasteiger partial charge is 0.291 e. The van der Waals surface area contributed by atoms with E-state index in [9.17, 15) is 4.39 Å². The highest BCUT2D eigenvalue weighted by molar-refractivity contribution is 6.30. The van der Waals surface area contributed by atoms with E-state index in [1.807, 2.05) is 20.9 Å². The van der Waals surface area contributed by atoms with Gasteiger partial charge in [0.1, 0.15) is 5.82 Å². The molecule has 0 aliphatic carbocycles. The van der Waals surface area contributed by atoms with Crippen LogP contribution in [0.15, 0.2) is 30.7 Å². The van der Waals surface area contributed by atoms with Gasteiger partial charge in [-0.1, -0.05) is 23.4 Å². The fraction of sp³-hybridized carbons (Fsp3) is 0.400. The minimum atomic E-state index is -0.550. The quantitative estimate of drug-likeness (QED) is 0.732. The van der Waals surface area contributed by atoms with Crippen LogP contribution in [0, 0.1) is 17.7 Å². The Bertz CT molecular complexity index is 829. The Labute approximate surface area is 154 Å². The Hall–Kier alpha value is -1.96. The number of halogens is 2. The van der Waals surface area contributed by atoms with E-state index in [1.54, 1.807) is 18.5 Å². The predicted molar refractivity (Wildman–Crippen MR) is 100.0 cm³/mol. The van der Waals surface area contributed by atoms with Gasteiger partial charge in [-0.15, -0.1) is 0 Å². The summed E-state index contributed by atoms with van der Waals surface area (Å²) < 4.78 is 14.7. The highest BCUT2D eigenvalue weighted by Gasteiger charge is 2.36. The summed E-state index contributed by atoms with van der Waals surface area (Å²) in [5, 5.41) is 0.512. The Morgan fingerprint density at radius 3 is 2.12 bits per heavy atom. The first-order valence-electron chi connectivity index (χ1n) is 8.04. The van der Waals surface area contributed by atoms with Crippen molar-refractivity contribution < 1.29 is 4.39 Å². The van der Waals surface area contributed by atoms with Gasteiger partial charge in [0, 0.05) is 35.3 Å². The molecule has 132 valence electrons. The number of hydrogen-bond donors (Lipinski definition) is 0. The van der Waals surface area contributed by atoms with Gasteiger partial charge in [-0.25, -0.2) is 4.39 Å². The molecule has 0 spiro atoms. The Kier molecular flexibility index (Phi) is 5.51. The summed E-state index contributed by atoms with van der Waals surface area (Å²) >= 11 is 5.88. The zero-order chi connectivity index (χ0) is 18.8. The average molecular weight is 360 g/mol. The Morgan fingerprint density at radius 1 is 1.00 bits per heavy atom. The van der Waals surface area contributed by atoms with Crippen LogP contribution in [0.5, 0.6) is 0 Å². The van der Waals surface area contributed by atoms with Crippen LogP contribution in [0.4, 0.5) is 4.39 Å². The molecule has 0 aromatic carbocycles. The molecule has 0 aliphatic rings. The van der Waals surface area contributed by atoms with Gasteiger partial charge < -0.3 is 0 Å². The van der Waals surface area contributed by atoms with Gasteiger partial charge in [0.2, 0.25) is 0 Å². The predicted octanol–water partition coefficient (Wildman–Crippen LogP) is 4.63. The third kappa shape index (κ3) is 4.56.